The van der Waals surface area contributed by atoms with Gasteiger partial charge in [0, 0.05) is 16.6 Å². The highest BCUT2D eigenvalue weighted by atomic mass is 79.9. The van der Waals surface area contributed by atoms with Gasteiger partial charge >= 0.3 is 0 Å². The Bertz CT molecular complexity index is 579. The van der Waals surface area contributed by atoms with E-state index < -0.39 is 0 Å². The molecule has 0 saturated heterocycles. The summed E-state index contributed by atoms with van der Waals surface area (Å²) in [7, 11) is 0. The molecule has 0 bridgehead atoms. The standard InChI is InChI=1S/C19H24BrN/c1-14-7-6-8-17(13-14)12-11-15(2)21-16(3)18-9-4-5-10-19(18)20/h4-10,13,15-16,21H,11-12H2,1-3H3/t15?,16-/m0/s1. The van der Waals surface area contributed by atoms with Crippen molar-refractivity contribution >= 4 is 15.9 Å². The van der Waals surface area contributed by atoms with Gasteiger partial charge in [0.1, 0.15) is 0 Å². The number of nitrogens with one attached hydrogen (secondary N) is 1. The summed E-state index contributed by atoms with van der Waals surface area (Å²) in [6.45, 7) is 6.65. The van der Waals surface area contributed by atoms with Crippen molar-refractivity contribution in [3.8, 4) is 0 Å². The SMILES string of the molecule is Cc1cccc(CCC(C)N[C@@H](C)c2ccccc2Br)c1. The zero-order valence-electron chi connectivity index (χ0n) is 13.1. The third-order valence-electron chi connectivity index (χ3n) is 3.85. The van der Waals surface area contributed by atoms with E-state index in [0.29, 0.717) is 12.1 Å². The van der Waals surface area contributed by atoms with E-state index in [2.05, 4.69) is 90.5 Å². The van der Waals surface area contributed by atoms with E-state index in [9.17, 15) is 0 Å². The minimum atomic E-state index is 0.355. The largest absolute Gasteiger partial charge is 0.308 e. The van der Waals surface area contributed by atoms with Crippen molar-refractivity contribution in [2.45, 2.75) is 45.7 Å². The third-order valence-corrected chi connectivity index (χ3v) is 4.58. The number of benzene rings is 2. The van der Waals surface area contributed by atoms with Crippen LogP contribution in [0.3, 0.4) is 0 Å². The molecule has 1 unspecified atom stereocenters. The molecule has 0 spiro atoms. The lowest BCUT2D eigenvalue weighted by Crippen LogP contribution is -2.29. The van der Waals surface area contributed by atoms with Gasteiger partial charge in [-0.1, -0.05) is 64.0 Å². The van der Waals surface area contributed by atoms with Gasteiger partial charge in [0.05, 0.1) is 0 Å². The van der Waals surface area contributed by atoms with E-state index in [0.717, 1.165) is 12.8 Å². The van der Waals surface area contributed by atoms with E-state index in [1.54, 1.807) is 0 Å². The maximum atomic E-state index is 3.69. The highest BCUT2D eigenvalue weighted by Gasteiger charge is 2.11. The number of halogens is 1. The normalized spacial score (nSPS) is 13.9. The first-order chi connectivity index (χ1) is 10.1. The first-order valence-corrected chi connectivity index (χ1v) is 8.41. The van der Waals surface area contributed by atoms with Gasteiger partial charge in [0.2, 0.25) is 0 Å². The van der Waals surface area contributed by atoms with Crippen molar-refractivity contribution in [2.75, 3.05) is 0 Å². The molecular formula is C19H24BrN. The van der Waals surface area contributed by atoms with Gasteiger partial charge in [-0.25, -0.2) is 0 Å². The van der Waals surface area contributed by atoms with Crippen LogP contribution in [0.1, 0.15) is 43.0 Å². The van der Waals surface area contributed by atoms with Crippen LogP contribution in [0.15, 0.2) is 53.0 Å². The summed E-state index contributed by atoms with van der Waals surface area (Å²) < 4.78 is 1.18. The van der Waals surface area contributed by atoms with Gasteiger partial charge in [0.15, 0.2) is 0 Å². The molecule has 2 aromatic rings. The fraction of sp³-hybridized carbons (Fsp3) is 0.368. The molecule has 0 aliphatic carbocycles. The van der Waals surface area contributed by atoms with Gasteiger partial charge in [-0.2, -0.15) is 0 Å². The molecule has 0 heterocycles. The lowest BCUT2D eigenvalue weighted by molar-refractivity contribution is 0.455. The summed E-state index contributed by atoms with van der Waals surface area (Å²) >= 11 is 3.63. The maximum absolute atomic E-state index is 3.69. The van der Waals surface area contributed by atoms with Crippen molar-refractivity contribution in [2.24, 2.45) is 0 Å². The summed E-state index contributed by atoms with van der Waals surface area (Å²) in [5.41, 5.74) is 4.09. The Labute approximate surface area is 136 Å². The van der Waals surface area contributed by atoms with Crippen LogP contribution in [0.2, 0.25) is 0 Å². The highest BCUT2D eigenvalue weighted by Crippen LogP contribution is 2.23. The Morgan fingerprint density at radius 2 is 1.81 bits per heavy atom. The lowest BCUT2D eigenvalue weighted by Gasteiger charge is -2.21. The van der Waals surface area contributed by atoms with Crippen molar-refractivity contribution < 1.29 is 0 Å². The first-order valence-electron chi connectivity index (χ1n) is 7.62. The number of hydrogen-bond donors (Lipinski definition) is 1. The third kappa shape index (κ3) is 4.98. The van der Waals surface area contributed by atoms with Crippen LogP contribution in [-0.4, -0.2) is 6.04 Å². The monoisotopic (exact) mass is 345 g/mol. The predicted octanol–water partition coefficient (Wildman–Crippen LogP) is 5.43. The van der Waals surface area contributed by atoms with E-state index in [-0.39, 0.29) is 0 Å². The summed E-state index contributed by atoms with van der Waals surface area (Å²) in [4.78, 5) is 0. The van der Waals surface area contributed by atoms with Gasteiger partial charge in [0.25, 0.3) is 0 Å². The fourth-order valence-corrected chi connectivity index (χ4v) is 3.31. The number of hydrogen-bond acceptors (Lipinski definition) is 1. The predicted molar refractivity (Wildman–Crippen MR) is 94.7 cm³/mol. The Morgan fingerprint density at radius 3 is 2.52 bits per heavy atom. The molecule has 21 heavy (non-hydrogen) atoms. The smallest absolute Gasteiger partial charge is 0.0305 e. The second-order valence-electron chi connectivity index (χ2n) is 5.84. The minimum absolute atomic E-state index is 0.355. The van der Waals surface area contributed by atoms with E-state index in [4.69, 9.17) is 0 Å². The molecule has 0 aliphatic heterocycles. The molecule has 1 nitrogen and oxygen atoms in total. The number of rotatable bonds is 6. The van der Waals surface area contributed by atoms with Crippen molar-refractivity contribution in [3.05, 3.63) is 69.7 Å². The van der Waals surface area contributed by atoms with Crippen LogP contribution in [0.4, 0.5) is 0 Å². The summed E-state index contributed by atoms with van der Waals surface area (Å²) in [5, 5.41) is 3.69. The zero-order chi connectivity index (χ0) is 15.2. The molecule has 2 heteroatoms. The van der Waals surface area contributed by atoms with Crippen LogP contribution < -0.4 is 5.32 Å². The average Bonchev–Trinajstić information content (AvgIpc) is 2.45. The van der Waals surface area contributed by atoms with Crippen LogP contribution in [0.25, 0.3) is 0 Å². The topological polar surface area (TPSA) is 12.0 Å². The second-order valence-corrected chi connectivity index (χ2v) is 6.69. The zero-order valence-corrected chi connectivity index (χ0v) is 14.7. The molecule has 2 aromatic carbocycles. The van der Waals surface area contributed by atoms with Crippen molar-refractivity contribution in [1.29, 1.82) is 0 Å². The molecule has 0 fully saturated rings. The molecular weight excluding hydrogens is 322 g/mol. The Balaban J connectivity index is 1.87. The molecule has 1 N–H and O–H groups in total. The first kappa shape index (κ1) is 16.3. The van der Waals surface area contributed by atoms with Gasteiger partial charge < -0.3 is 5.32 Å². The Hall–Kier alpha value is -1.12. The fourth-order valence-electron chi connectivity index (χ4n) is 2.68. The molecule has 0 radical (unpaired) electrons. The minimum Gasteiger partial charge on any atom is -0.308 e. The molecule has 2 rings (SSSR count). The maximum Gasteiger partial charge on any atom is 0.0305 e. The molecule has 0 aliphatic rings. The molecule has 0 amide bonds. The van der Waals surface area contributed by atoms with Crippen LogP contribution in [0, 0.1) is 6.92 Å². The van der Waals surface area contributed by atoms with Crippen LogP contribution in [-0.2, 0) is 6.42 Å². The Morgan fingerprint density at radius 1 is 1.05 bits per heavy atom. The van der Waals surface area contributed by atoms with Crippen LogP contribution >= 0.6 is 15.9 Å². The van der Waals surface area contributed by atoms with E-state index in [1.807, 2.05) is 0 Å². The molecule has 2 atom stereocenters. The molecule has 112 valence electrons. The quantitative estimate of drug-likeness (QED) is 0.735. The second kappa shape index (κ2) is 7.77. The molecule has 0 aromatic heterocycles. The summed E-state index contributed by atoms with van der Waals surface area (Å²) in [6, 6.07) is 18.1. The van der Waals surface area contributed by atoms with Gasteiger partial charge in [-0.3, -0.25) is 0 Å². The molecule has 0 saturated carbocycles. The van der Waals surface area contributed by atoms with E-state index >= 15 is 0 Å². The van der Waals surface area contributed by atoms with Crippen molar-refractivity contribution in [1.82, 2.24) is 5.32 Å². The van der Waals surface area contributed by atoms with Crippen LogP contribution in [0.5, 0.6) is 0 Å². The Kier molecular flexibility index (Phi) is 6.01. The average molecular weight is 346 g/mol. The number of aryl methyl sites for hydroxylation is 2. The lowest BCUT2D eigenvalue weighted by atomic mass is 10.0. The summed E-state index contributed by atoms with van der Waals surface area (Å²) in [5.74, 6) is 0. The summed E-state index contributed by atoms with van der Waals surface area (Å²) in [6.07, 6.45) is 2.27. The highest BCUT2D eigenvalue weighted by molar-refractivity contribution is 9.10. The van der Waals surface area contributed by atoms with Gasteiger partial charge in [-0.15, -0.1) is 0 Å². The van der Waals surface area contributed by atoms with E-state index in [1.165, 1.54) is 21.2 Å². The van der Waals surface area contributed by atoms with Crippen molar-refractivity contribution in [3.63, 3.8) is 0 Å². The van der Waals surface area contributed by atoms with Gasteiger partial charge in [-0.05, 0) is 50.8 Å².